The van der Waals surface area contributed by atoms with E-state index in [0.29, 0.717) is 0 Å². The Morgan fingerprint density at radius 3 is 0.771 bits per heavy atom. The van der Waals surface area contributed by atoms with E-state index in [9.17, 15) is 101 Å². The summed E-state index contributed by atoms with van der Waals surface area (Å²) in [4.78, 5) is -5.54. The first-order valence-corrected chi connectivity index (χ1v) is 7.27. The summed E-state index contributed by atoms with van der Waals surface area (Å²) >= 11 is 0. The molecule has 0 N–H and O–H groups in total. The van der Waals surface area contributed by atoms with E-state index < -0.39 is 70.7 Å². The molecule has 1 aliphatic carbocycles. The number of alkyl halides is 23. The Hall–Kier alpha value is -1.65. The topological polar surface area (TPSA) is 3.24 Å². The van der Waals surface area contributed by atoms with E-state index in [-0.39, 0.29) is 0 Å². The van der Waals surface area contributed by atoms with Gasteiger partial charge in [0.1, 0.15) is 0 Å². The number of nitrogens with zero attached hydrogens (tertiary/aromatic N) is 1. The highest BCUT2D eigenvalue weighted by molar-refractivity contribution is 5.31. The lowest BCUT2D eigenvalue weighted by atomic mass is 9.69. The number of rotatable bonds is 3. The predicted octanol–water partition coefficient (Wildman–Crippen LogP) is 7.09. The minimum atomic E-state index is -9.45. The summed E-state index contributed by atoms with van der Waals surface area (Å²) in [6.45, 7) is 0. The fourth-order valence-corrected chi connectivity index (χ4v) is 2.70. The summed E-state index contributed by atoms with van der Waals surface area (Å²) in [5, 5.41) is 0. The fraction of sp³-hybridized carbons (Fsp3) is 1.00. The molecule has 0 aliphatic heterocycles. The van der Waals surface area contributed by atoms with E-state index in [4.69, 9.17) is 0 Å². The van der Waals surface area contributed by atoms with Crippen LogP contribution in [0.2, 0.25) is 0 Å². The molecule has 0 unspecified atom stereocenters. The Labute approximate surface area is 173 Å². The van der Waals surface area contributed by atoms with Gasteiger partial charge in [-0.3, -0.25) is 0 Å². The van der Waals surface area contributed by atoms with Crippen LogP contribution in [0.3, 0.4) is 0 Å². The van der Waals surface area contributed by atoms with Gasteiger partial charge in [0.15, 0.2) is 0 Å². The Kier molecular flexibility index (Phi) is 6.28. The zero-order valence-electron chi connectivity index (χ0n) is 14.6. The van der Waals surface area contributed by atoms with E-state index in [1.807, 2.05) is 0 Å². The standard InChI is InChI=1S/C11F23N/c12-1(7(22,23)24)2(13,14)4(17,18)6(21,5(19,20)3(1,15)16)35(10(31,32)8(25,26)27)11(33,34)9(28,29)30. The van der Waals surface area contributed by atoms with E-state index in [1.54, 1.807) is 0 Å². The summed E-state index contributed by atoms with van der Waals surface area (Å²) in [6, 6.07) is -17.8. The molecule has 0 spiro atoms. The molecule has 0 heterocycles. The molecule has 1 rings (SSSR count). The lowest BCUT2D eigenvalue weighted by Gasteiger charge is -2.59. The van der Waals surface area contributed by atoms with Crippen molar-refractivity contribution < 1.29 is 101 Å². The van der Waals surface area contributed by atoms with Crippen LogP contribution >= 0.6 is 0 Å². The number of hydrogen-bond acceptors (Lipinski definition) is 1. The van der Waals surface area contributed by atoms with Gasteiger partial charge in [-0.1, -0.05) is 0 Å². The Morgan fingerprint density at radius 2 is 0.600 bits per heavy atom. The van der Waals surface area contributed by atoms with Crippen LogP contribution in [0, 0.1) is 0 Å². The molecule has 35 heavy (non-hydrogen) atoms. The van der Waals surface area contributed by atoms with Crippen molar-refractivity contribution in [1.82, 2.24) is 4.90 Å². The fourth-order valence-electron chi connectivity index (χ4n) is 2.70. The third-order valence-corrected chi connectivity index (χ3v) is 4.43. The zero-order chi connectivity index (χ0) is 29.1. The molecular weight excluding hydrogens is 583 g/mol. The first-order valence-electron chi connectivity index (χ1n) is 7.27. The second kappa shape index (κ2) is 7.01. The van der Waals surface area contributed by atoms with Crippen molar-refractivity contribution in [2.75, 3.05) is 0 Å². The largest absolute Gasteiger partial charge is 0.469 e. The zero-order valence-corrected chi connectivity index (χ0v) is 14.6. The summed E-state index contributed by atoms with van der Waals surface area (Å²) in [5.41, 5.74) is -8.86. The van der Waals surface area contributed by atoms with Gasteiger partial charge in [-0.25, -0.2) is 8.78 Å². The highest BCUT2D eigenvalue weighted by Crippen LogP contribution is 2.74. The molecule has 0 saturated heterocycles. The molecule has 24 heteroatoms. The van der Waals surface area contributed by atoms with Gasteiger partial charge in [0.2, 0.25) is 0 Å². The van der Waals surface area contributed by atoms with Crippen LogP contribution in [0.5, 0.6) is 0 Å². The summed E-state index contributed by atoms with van der Waals surface area (Å²) in [6.07, 6.45) is -25.3. The smallest absolute Gasteiger partial charge is 0.219 e. The monoisotopic (exact) mass is 583 g/mol. The normalized spacial score (nSPS) is 31.5. The summed E-state index contributed by atoms with van der Waals surface area (Å²) in [5.74, 6) is -46.1. The minimum Gasteiger partial charge on any atom is -0.219 e. The Morgan fingerprint density at radius 1 is 0.371 bits per heavy atom. The SMILES string of the molecule is FC(F)(F)C(F)(F)N(C(F)(F)C(F)(F)F)C1(F)C(F)(F)C(F)(F)C(F)(C(F)(F)F)C(F)(F)C1(F)F. The van der Waals surface area contributed by atoms with Gasteiger partial charge in [-0.05, 0) is 0 Å². The maximum atomic E-state index is 14.5. The summed E-state index contributed by atoms with van der Waals surface area (Å²) in [7, 11) is 0. The Bertz CT molecular complexity index is 770. The van der Waals surface area contributed by atoms with Crippen LogP contribution in [-0.2, 0) is 0 Å². The lowest BCUT2D eigenvalue weighted by molar-refractivity contribution is -0.559. The highest BCUT2D eigenvalue weighted by atomic mass is 19.4. The van der Waals surface area contributed by atoms with Gasteiger partial charge in [0.05, 0.1) is 0 Å². The highest BCUT2D eigenvalue weighted by Gasteiger charge is 3.08. The van der Waals surface area contributed by atoms with Crippen molar-refractivity contribution in [3.8, 4) is 0 Å². The third-order valence-electron chi connectivity index (χ3n) is 4.43. The Balaban J connectivity index is 4.50. The van der Waals surface area contributed by atoms with Crippen LogP contribution in [0.4, 0.5) is 101 Å². The van der Waals surface area contributed by atoms with Crippen molar-refractivity contribution in [1.29, 1.82) is 0 Å². The van der Waals surface area contributed by atoms with Gasteiger partial charge in [-0.15, -0.1) is 4.90 Å². The number of hydrogen-bond donors (Lipinski definition) is 0. The molecule has 0 aromatic heterocycles. The first kappa shape index (κ1) is 31.4. The van der Waals surface area contributed by atoms with Crippen LogP contribution in [-0.4, -0.2) is 70.7 Å². The number of halogens is 23. The maximum absolute atomic E-state index is 14.5. The van der Waals surface area contributed by atoms with E-state index in [1.165, 1.54) is 0 Å². The van der Waals surface area contributed by atoms with E-state index in [2.05, 4.69) is 0 Å². The molecule has 1 saturated carbocycles. The summed E-state index contributed by atoms with van der Waals surface area (Å²) < 4.78 is 303. The molecule has 1 nitrogen and oxygen atoms in total. The molecule has 1 fully saturated rings. The van der Waals surface area contributed by atoms with Gasteiger partial charge in [0.25, 0.3) is 0 Å². The second-order valence-electron chi connectivity index (χ2n) is 6.49. The van der Waals surface area contributed by atoms with E-state index in [0.717, 1.165) is 0 Å². The molecule has 0 bridgehead atoms. The molecule has 0 aromatic rings. The molecule has 0 amide bonds. The average molecular weight is 583 g/mol. The molecule has 210 valence electrons. The van der Waals surface area contributed by atoms with Crippen LogP contribution in [0.25, 0.3) is 0 Å². The molecular formula is C11F23N. The van der Waals surface area contributed by atoms with Crippen LogP contribution in [0.15, 0.2) is 0 Å². The van der Waals surface area contributed by atoms with Crippen molar-refractivity contribution in [3.63, 3.8) is 0 Å². The lowest BCUT2D eigenvalue weighted by Crippen LogP contribution is -2.93. The molecule has 1 aliphatic rings. The van der Waals surface area contributed by atoms with Gasteiger partial charge in [0, 0.05) is 0 Å². The molecule has 0 radical (unpaired) electrons. The molecule has 0 atom stereocenters. The predicted molar refractivity (Wildman–Crippen MR) is 57.4 cm³/mol. The van der Waals surface area contributed by atoms with Crippen molar-refractivity contribution in [3.05, 3.63) is 0 Å². The van der Waals surface area contributed by atoms with E-state index >= 15 is 0 Å². The maximum Gasteiger partial charge on any atom is 0.469 e. The molecule has 0 aromatic carbocycles. The van der Waals surface area contributed by atoms with Crippen LogP contribution < -0.4 is 0 Å². The van der Waals surface area contributed by atoms with Crippen molar-refractivity contribution in [2.45, 2.75) is 65.8 Å². The minimum absolute atomic E-state index is 5.54. The quantitative estimate of drug-likeness (QED) is 0.254. The van der Waals surface area contributed by atoms with Crippen molar-refractivity contribution in [2.24, 2.45) is 0 Å². The second-order valence-corrected chi connectivity index (χ2v) is 6.49. The average Bonchev–Trinajstić information content (AvgIpc) is 2.55. The first-order chi connectivity index (χ1) is 14.6. The van der Waals surface area contributed by atoms with Crippen molar-refractivity contribution >= 4 is 0 Å². The third kappa shape index (κ3) is 3.14. The van der Waals surface area contributed by atoms with Gasteiger partial charge >= 0.3 is 65.8 Å². The van der Waals surface area contributed by atoms with Gasteiger partial charge in [-0.2, -0.15) is 92.2 Å². The van der Waals surface area contributed by atoms with Gasteiger partial charge < -0.3 is 0 Å². The van der Waals surface area contributed by atoms with Crippen LogP contribution in [0.1, 0.15) is 0 Å².